The lowest BCUT2D eigenvalue weighted by molar-refractivity contribution is -0.148. The third-order valence-corrected chi connectivity index (χ3v) is 7.76. The number of fused-ring (bicyclic) bond motifs is 2. The monoisotopic (exact) mass is 479 g/mol. The molecule has 1 heterocycles. The minimum absolute atomic E-state index is 0.0610. The average Bonchev–Trinajstić information content (AvgIpc) is 3.46. The summed E-state index contributed by atoms with van der Waals surface area (Å²) in [4.78, 5) is 30.1. The van der Waals surface area contributed by atoms with Gasteiger partial charge in [0.15, 0.2) is 5.78 Å². The van der Waals surface area contributed by atoms with Crippen LogP contribution in [0.15, 0.2) is 54.6 Å². The summed E-state index contributed by atoms with van der Waals surface area (Å²) in [5.41, 5.74) is 0.217. The number of aliphatic carboxylic acids is 1. The number of benzene rings is 3. The molecule has 0 atom stereocenters. The van der Waals surface area contributed by atoms with Crippen LogP contribution < -0.4 is 4.74 Å². The molecule has 5 rings (SSSR count). The number of para-hydroxylation sites is 1. The van der Waals surface area contributed by atoms with Crippen LogP contribution in [0, 0.1) is 5.41 Å². The van der Waals surface area contributed by atoms with E-state index in [1.807, 2.05) is 48.5 Å². The number of ether oxygens (including phenoxy) is 1. The molecule has 33 heavy (non-hydrogen) atoms. The molecule has 5 nitrogen and oxygen atoms in total. The Kier molecular flexibility index (Phi) is 5.81. The van der Waals surface area contributed by atoms with Gasteiger partial charge in [-0.15, -0.1) is 11.3 Å². The van der Waals surface area contributed by atoms with Gasteiger partial charge in [0.05, 0.1) is 21.2 Å². The molecule has 1 aromatic heterocycles. The second kappa shape index (κ2) is 8.76. The van der Waals surface area contributed by atoms with Crippen LogP contribution in [0.4, 0.5) is 0 Å². The Morgan fingerprint density at radius 3 is 2.48 bits per heavy atom. The Morgan fingerprint density at radius 2 is 1.76 bits per heavy atom. The molecule has 1 saturated carbocycles. The molecule has 0 amide bonds. The van der Waals surface area contributed by atoms with Gasteiger partial charge in [0.1, 0.15) is 17.4 Å². The predicted octanol–water partition coefficient (Wildman–Crippen LogP) is 6.90. The Labute approximate surface area is 200 Å². The van der Waals surface area contributed by atoms with Gasteiger partial charge >= 0.3 is 5.97 Å². The number of carbonyl (C=O) groups excluding carboxylic acids is 1. The molecule has 7 heteroatoms. The molecule has 1 fully saturated rings. The highest BCUT2D eigenvalue weighted by Gasteiger charge is 2.43. The van der Waals surface area contributed by atoms with Gasteiger partial charge in [0.25, 0.3) is 0 Å². The Balaban J connectivity index is 1.53. The summed E-state index contributed by atoms with van der Waals surface area (Å²) in [5.74, 6) is -0.735. The first kappa shape index (κ1) is 21.9. The lowest BCUT2D eigenvalue weighted by atomic mass is 9.79. The van der Waals surface area contributed by atoms with Gasteiger partial charge < -0.3 is 9.84 Å². The van der Waals surface area contributed by atoms with E-state index in [1.165, 1.54) is 0 Å². The largest absolute Gasteiger partial charge is 0.485 e. The molecule has 0 unspecified atom stereocenters. The van der Waals surface area contributed by atoms with Crippen molar-refractivity contribution in [1.29, 1.82) is 0 Å². The number of hydrogen-bond acceptors (Lipinski definition) is 5. The summed E-state index contributed by atoms with van der Waals surface area (Å²) in [6.07, 6.45) is 2.60. The van der Waals surface area contributed by atoms with E-state index < -0.39 is 11.4 Å². The molecule has 0 bridgehead atoms. The number of halogens is 1. The van der Waals surface area contributed by atoms with E-state index in [2.05, 4.69) is 4.98 Å². The number of aromatic nitrogens is 1. The smallest absolute Gasteiger partial charge is 0.310 e. The molecule has 0 radical (unpaired) electrons. The second-order valence-corrected chi connectivity index (χ2v) is 10.1. The van der Waals surface area contributed by atoms with Crippen molar-refractivity contribution in [2.75, 3.05) is 0 Å². The summed E-state index contributed by atoms with van der Waals surface area (Å²) in [7, 11) is 0. The number of ketones is 1. The third kappa shape index (κ3) is 4.09. The zero-order valence-corrected chi connectivity index (χ0v) is 19.4. The number of carbonyl (C=O) groups is 2. The maximum Gasteiger partial charge on any atom is 0.310 e. The molecule has 1 N–H and O–H groups in total. The zero-order valence-electron chi connectivity index (χ0n) is 17.8. The SMILES string of the molecule is O=C(CC1(C(=O)O)CCCC1)c1cc(Cl)c2ccccc2c1OCc1nc2ccccc2s1. The highest BCUT2D eigenvalue weighted by atomic mass is 35.5. The first-order valence-electron chi connectivity index (χ1n) is 10.9. The van der Waals surface area contributed by atoms with Crippen LogP contribution in [0.5, 0.6) is 5.75 Å². The van der Waals surface area contributed by atoms with E-state index in [4.69, 9.17) is 16.3 Å². The molecule has 168 valence electrons. The quantitative estimate of drug-likeness (QED) is 0.292. The van der Waals surface area contributed by atoms with E-state index in [-0.39, 0.29) is 18.8 Å². The van der Waals surface area contributed by atoms with E-state index in [9.17, 15) is 14.7 Å². The molecule has 1 aliphatic rings. The number of nitrogens with zero attached hydrogens (tertiary/aromatic N) is 1. The first-order valence-corrected chi connectivity index (χ1v) is 12.1. The molecule has 0 saturated heterocycles. The number of hydrogen-bond donors (Lipinski definition) is 1. The summed E-state index contributed by atoms with van der Waals surface area (Å²) in [6, 6.07) is 17.0. The van der Waals surface area contributed by atoms with E-state index >= 15 is 0 Å². The normalized spacial score (nSPS) is 15.2. The molecule has 4 aromatic rings. The Hall–Kier alpha value is -2.96. The van der Waals surface area contributed by atoms with E-state index in [0.29, 0.717) is 29.2 Å². The zero-order chi connectivity index (χ0) is 23.0. The topological polar surface area (TPSA) is 76.5 Å². The lowest BCUT2D eigenvalue weighted by Crippen LogP contribution is -2.30. The number of rotatable bonds is 7. The fourth-order valence-corrected chi connectivity index (χ4v) is 5.86. The van der Waals surface area contributed by atoms with Crippen molar-refractivity contribution in [3.05, 3.63) is 70.2 Å². The standard InChI is InChI=1S/C26H22ClNO4S/c27-19-13-18(21(29)14-26(25(30)31)11-5-6-12-26)24(17-8-2-1-7-16(17)19)32-15-23-28-20-9-3-4-10-22(20)33-23/h1-4,7-10,13H,5-6,11-12,14-15H2,(H,30,31). The van der Waals surface area contributed by atoms with Crippen LogP contribution in [0.25, 0.3) is 21.0 Å². The fourth-order valence-electron chi connectivity index (χ4n) is 4.70. The summed E-state index contributed by atoms with van der Waals surface area (Å²) in [5, 5.41) is 12.6. The molecule has 1 aliphatic carbocycles. The van der Waals surface area contributed by atoms with Crippen molar-refractivity contribution >= 4 is 55.7 Å². The number of carboxylic acid groups (broad SMARTS) is 1. The van der Waals surface area contributed by atoms with Crippen molar-refractivity contribution in [2.45, 2.75) is 38.7 Å². The van der Waals surface area contributed by atoms with Crippen molar-refractivity contribution in [2.24, 2.45) is 5.41 Å². The maximum atomic E-state index is 13.5. The highest BCUT2D eigenvalue weighted by molar-refractivity contribution is 7.18. The van der Waals surface area contributed by atoms with Crippen molar-refractivity contribution in [3.8, 4) is 5.75 Å². The average molecular weight is 480 g/mol. The van der Waals surface area contributed by atoms with Crippen molar-refractivity contribution in [3.63, 3.8) is 0 Å². The second-order valence-electron chi connectivity index (χ2n) is 8.54. The minimum atomic E-state index is -1.01. The van der Waals surface area contributed by atoms with Crippen molar-refractivity contribution in [1.82, 2.24) is 4.98 Å². The van der Waals surface area contributed by atoms with Crippen LogP contribution in [-0.2, 0) is 11.4 Å². The number of carboxylic acids is 1. The molecule has 0 spiro atoms. The fraction of sp³-hybridized carbons (Fsp3) is 0.269. The first-order chi connectivity index (χ1) is 16.0. The highest BCUT2D eigenvalue weighted by Crippen LogP contribution is 2.44. The minimum Gasteiger partial charge on any atom is -0.485 e. The predicted molar refractivity (Wildman–Crippen MR) is 130 cm³/mol. The van der Waals surface area contributed by atoms with Crippen LogP contribution in [0.1, 0.15) is 47.5 Å². The molecule has 0 aliphatic heterocycles. The number of Topliss-reactive ketones (excluding diaryl/α,β-unsaturated/α-hetero) is 1. The molecule has 3 aromatic carbocycles. The molecular formula is C26H22ClNO4S. The van der Waals surface area contributed by atoms with Crippen LogP contribution in [0.2, 0.25) is 5.02 Å². The molecular weight excluding hydrogens is 458 g/mol. The van der Waals surface area contributed by atoms with Gasteiger partial charge in [0, 0.05) is 22.2 Å². The van der Waals surface area contributed by atoms with Crippen LogP contribution in [0.3, 0.4) is 0 Å². The van der Waals surface area contributed by atoms with Gasteiger partial charge in [-0.25, -0.2) is 4.98 Å². The van der Waals surface area contributed by atoms with Crippen LogP contribution >= 0.6 is 22.9 Å². The Bertz CT molecular complexity index is 1340. The van der Waals surface area contributed by atoms with Gasteiger partial charge in [-0.05, 0) is 31.0 Å². The maximum absolute atomic E-state index is 13.5. The Morgan fingerprint density at radius 1 is 1.06 bits per heavy atom. The van der Waals surface area contributed by atoms with Crippen LogP contribution in [-0.4, -0.2) is 21.8 Å². The van der Waals surface area contributed by atoms with Gasteiger partial charge in [-0.1, -0.05) is 60.8 Å². The van der Waals surface area contributed by atoms with E-state index in [1.54, 1.807) is 17.4 Å². The summed E-state index contributed by atoms with van der Waals surface area (Å²) < 4.78 is 7.29. The summed E-state index contributed by atoms with van der Waals surface area (Å²) >= 11 is 8.07. The van der Waals surface area contributed by atoms with Gasteiger partial charge in [-0.2, -0.15) is 0 Å². The summed E-state index contributed by atoms with van der Waals surface area (Å²) in [6.45, 7) is 0.204. The van der Waals surface area contributed by atoms with Gasteiger partial charge in [0.2, 0.25) is 0 Å². The van der Waals surface area contributed by atoms with Gasteiger partial charge in [-0.3, -0.25) is 9.59 Å². The van der Waals surface area contributed by atoms with Crippen molar-refractivity contribution < 1.29 is 19.4 Å². The lowest BCUT2D eigenvalue weighted by Gasteiger charge is -2.23. The number of thiazole rings is 1. The van der Waals surface area contributed by atoms with E-state index in [0.717, 1.165) is 38.8 Å². The third-order valence-electron chi connectivity index (χ3n) is 6.44.